The monoisotopic (exact) mass is 304 g/mol. The molecular formula is C16H32O5. The van der Waals surface area contributed by atoms with E-state index in [1.165, 1.54) is 0 Å². The molecule has 0 bridgehead atoms. The average molecular weight is 304 g/mol. The van der Waals surface area contributed by atoms with E-state index in [-0.39, 0.29) is 18.7 Å². The Morgan fingerprint density at radius 2 is 1.86 bits per heavy atom. The first-order chi connectivity index (χ1) is 10.2. The molecular weight excluding hydrogens is 272 g/mol. The van der Waals surface area contributed by atoms with Crippen LogP contribution < -0.4 is 0 Å². The molecule has 0 radical (unpaired) electrons. The number of ether oxygens (including phenoxy) is 3. The predicted molar refractivity (Wildman–Crippen MR) is 82.0 cm³/mol. The van der Waals surface area contributed by atoms with E-state index in [0.717, 1.165) is 51.4 Å². The Kier molecular flexibility index (Phi) is 15.2. The molecule has 5 nitrogen and oxygen atoms in total. The van der Waals surface area contributed by atoms with Crippen LogP contribution in [0.5, 0.6) is 0 Å². The van der Waals surface area contributed by atoms with Gasteiger partial charge in [-0.2, -0.15) is 0 Å². The lowest BCUT2D eigenvalue weighted by Crippen LogP contribution is -2.17. The van der Waals surface area contributed by atoms with Crippen molar-refractivity contribution in [3.8, 4) is 0 Å². The van der Waals surface area contributed by atoms with Gasteiger partial charge in [-0.3, -0.25) is 4.79 Å². The molecule has 0 spiro atoms. The van der Waals surface area contributed by atoms with Crippen molar-refractivity contribution in [3.05, 3.63) is 0 Å². The van der Waals surface area contributed by atoms with Crippen molar-refractivity contribution in [2.45, 2.75) is 70.8 Å². The van der Waals surface area contributed by atoms with E-state index in [2.05, 4.69) is 0 Å². The second-order valence-corrected chi connectivity index (χ2v) is 5.22. The summed E-state index contributed by atoms with van der Waals surface area (Å²) in [4.78, 5) is 11.7. The van der Waals surface area contributed by atoms with E-state index >= 15 is 0 Å². The van der Waals surface area contributed by atoms with E-state index < -0.39 is 0 Å². The lowest BCUT2D eigenvalue weighted by molar-refractivity contribution is -0.149. The summed E-state index contributed by atoms with van der Waals surface area (Å²) in [7, 11) is 1.60. The Morgan fingerprint density at radius 1 is 1.10 bits per heavy atom. The second-order valence-electron chi connectivity index (χ2n) is 5.22. The van der Waals surface area contributed by atoms with Gasteiger partial charge < -0.3 is 19.3 Å². The normalized spacial score (nSPS) is 12.3. The maximum Gasteiger partial charge on any atom is 0.306 e. The molecule has 0 rings (SSSR count). The van der Waals surface area contributed by atoms with Crippen LogP contribution in [0.25, 0.3) is 0 Å². The van der Waals surface area contributed by atoms with Crippen LogP contribution in [-0.4, -0.2) is 44.3 Å². The van der Waals surface area contributed by atoms with Crippen LogP contribution in [0.2, 0.25) is 0 Å². The van der Waals surface area contributed by atoms with Gasteiger partial charge in [-0.25, -0.2) is 0 Å². The molecule has 0 aromatic heterocycles. The summed E-state index contributed by atoms with van der Waals surface area (Å²) in [5.41, 5.74) is 0. The number of hydrogen-bond donors (Lipinski definition) is 1. The summed E-state index contributed by atoms with van der Waals surface area (Å²) in [6.45, 7) is 3.28. The minimum absolute atomic E-state index is 0.0289. The van der Waals surface area contributed by atoms with Gasteiger partial charge in [0.15, 0.2) is 0 Å². The number of rotatable bonds is 15. The molecule has 0 aromatic rings. The highest BCUT2D eigenvalue weighted by Crippen LogP contribution is 2.12. The number of esters is 1. The largest absolute Gasteiger partial charge is 0.462 e. The maximum absolute atomic E-state index is 11.7. The van der Waals surface area contributed by atoms with Crippen molar-refractivity contribution >= 4 is 5.97 Å². The average Bonchev–Trinajstić information content (AvgIpc) is 2.49. The summed E-state index contributed by atoms with van der Waals surface area (Å²) in [6.07, 6.45) is 7.84. The molecule has 0 saturated heterocycles. The smallest absolute Gasteiger partial charge is 0.306 e. The SMILES string of the molecule is CCC(CCCCCO)OC(=O)CCCCCOCOC. The quantitative estimate of drug-likeness (QED) is 0.286. The van der Waals surface area contributed by atoms with Gasteiger partial charge in [0, 0.05) is 26.7 Å². The lowest BCUT2D eigenvalue weighted by Gasteiger charge is -2.16. The van der Waals surface area contributed by atoms with E-state index in [0.29, 0.717) is 19.8 Å². The molecule has 0 aromatic carbocycles. The highest BCUT2D eigenvalue weighted by atomic mass is 16.7. The van der Waals surface area contributed by atoms with E-state index in [9.17, 15) is 4.79 Å². The minimum atomic E-state index is -0.0955. The van der Waals surface area contributed by atoms with Gasteiger partial charge in [-0.1, -0.05) is 19.8 Å². The fourth-order valence-electron chi connectivity index (χ4n) is 2.04. The Labute approximate surface area is 129 Å². The molecule has 21 heavy (non-hydrogen) atoms. The number of aliphatic hydroxyl groups excluding tert-OH is 1. The molecule has 0 aliphatic rings. The highest BCUT2D eigenvalue weighted by Gasteiger charge is 2.11. The summed E-state index contributed by atoms with van der Waals surface area (Å²) in [5, 5.41) is 8.72. The van der Waals surface area contributed by atoms with Crippen LogP contribution in [0.1, 0.15) is 64.7 Å². The number of aliphatic hydroxyl groups is 1. The Hall–Kier alpha value is -0.650. The van der Waals surface area contributed by atoms with Gasteiger partial charge >= 0.3 is 5.97 Å². The van der Waals surface area contributed by atoms with Crippen LogP contribution in [0, 0.1) is 0 Å². The summed E-state index contributed by atoms with van der Waals surface area (Å²) >= 11 is 0. The van der Waals surface area contributed by atoms with Crippen molar-refractivity contribution in [2.24, 2.45) is 0 Å². The lowest BCUT2D eigenvalue weighted by atomic mass is 10.1. The number of carbonyl (C=O) groups excluding carboxylic acids is 1. The second kappa shape index (κ2) is 15.7. The van der Waals surface area contributed by atoms with Crippen molar-refractivity contribution in [1.29, 1.82) is 0 Å². The zero-order valence-electron chi connectivity index (χ0n) is 13.6. The molecule has 0 amide bonds. The van der Waals surface area contributed by atoms with Crippen LogP contribution in [0.3, 0.4) is 0 Å². The zero-order valence-corrected chi connectivity index (χ0v) is 13.6. The van der Waals surface area contributed by atoms with Crippen molar-refractivity contribution in [1.82, 2.24) is 0 Å². The topological polar surface area (TPSA) is 65.0 Å². The van der Waals surface area contributed by atoms with Gasteiger partial charge in [0.25, 0.3) is 0 Å². The zero-order chi connectivity index (χ0) is 15.8. The Balaban J connectivity index is 3.51. The van der Waals surface area contributed by atoms with Crippen molar-refractivity contribution in [2.75, 3.05) is 27.1 Å². The van der Waals surface area contributed by atoms with Gasteiger partial charge in [0.2, 0.25) is 0 Å². The van der Waals surface area contributed by atoms with Crippen LogP contribution in [-0.2, 0) is 19.0 Å². The molecule has 1 unspecified atom stereocenters. The van der Waals surface area contributed by atoms with E-state index in [1.54, 1.807) is 7.11 Å². The van der Waals surface area contributed by atoms with Crippen molar-refractivity contribution < 1.29 is 24.1 Å². The molecule has 126 valence electrons. The fraction of sp³-hybridized carbons (Fsp3) is 0.938. The first-order valence-corrected chi connectivity index (χ1v) is 8.11. The van der Waals surface area contributed by atoms with Crippen LogP contribution >= 0.6 is 0 Å². The summed E-state index contributed by atoms with van der Waals surface area (Å²) < 4.78 is 15.4. The molecule has 0 saturated carbocycles. The third-order valence-electron chi connectivity index (χ3n) is 3.31. The number of methoxy groups -OCH3 is 1. The third-order valence-corrected chi connectivity index (χ3v) is 3.31. The number of hydrogen-bond acceptors (Lipinski definition) is 5. The minimum Gasteiger partial charge on any atom is -0.462 e. The first kappa shape index (κ1) is 20.3. The van der Waals surface area contributed by atoms with E-state index in [4.69, 9.17) is 19.3 Å². The van der Waals surface area contributed by atoms with Crippen LogP contribution in [0.4, 0.5) is 0 Å². The van der Waals surface area contributed by atoms with Gasteiger partial charge in [0.1, 0.15) is 12.9 Å². The Bertz CT molecular complexity index is 233. The third kappa shape index (κ3) is 14.1. The maximum atomic E-state index is 11.7. The van der Waals surface area contributed by atoms with E-state index in [1.807, 2.05) is 6.92 Å². The van der Waals surface area contributed by atoms with Gasteiger partial charge in [-0.05, 0) is 38.5 Å². The molecule has 0 aliphatic carbocycles. The summed E-state index contributed by atoms with van der Waals surface area (Å²) in [5.74, 6) is -0.0955. The fourth-order valence-corrected chi connectivity index (χ4v) is 2.04. The predicted octanol–water partition coefficient (Wildman–Crippen LogP) is 3.04. The molecule has 1 N–H and O–H groups in total. The number of unbranched alkanes of at least 4 members (excludes halogenated alkanes) is 4. The Morgan fingerprint density at radius 3 is 2.52 bits per heavy atom. The molecule has 5 heteroatoms. The van der Waals surface area contributed by atoms with Crippen LogP contribution in [0.15, 0.2) is 0 Å². The standard InChI is InChI=1S/C16H32O5/c1-3-15(10-6-4-8-12-17)21-16(18)11-7-5-9-13-20-14-19-2/h15,17H,3-14H2,1-2H3. The van der Waals surface area contributed by atoms with Gasteiger partial charge in [-0.15, -0.1) is 0 Å². The first-order valence-electron chi connectivity index (χ1n) is 8.11. The molecule has 0 aliphatic heterocycles. The van der Waals surface area contributed by atoms with Gasteiger partial charge in [0.05, 0.1) is 0 Å². The molecule has 0 fully saturated rings. The van der Waals surface area contributed by atoms with Crippen molar-refractivity contribution in [3.63, 3.8) is 0 Å². The summed E-state index contributed by atoms with van der Waals surface area (Å²) in [6, 6.07) is 0. The highest BCUT2D eigenvalue weighted by molar-refractivity contribution is 5.69. The molecule has 1 atom stereocenters. The number of carbonyl (C=O) groups is 1. The molecule has 0 heterocycles.